The minimum Gasteiger partial charge on any atom is -0.387 e. The van der Waals surface area contributed by atoms with E-state index in [1.165, 1.54) is 0 Å². The Morgan fingerprint density at radius 3 is 2.45 bits per heavy atom. The normalized spacial score (nSPS) is 14.1. The Balaban J connectivity index is 4.21. The van der Waals surface area contributed by atoms with Crippen LogP contribution in [0.3, 0.4) is 0 Å². The average molecular weight is 150 g/mol. The van der Waals surface area contributed by atoms with E-state index < -0.39 is 6.10 Å². The Labute approximate surface area is 68.4 Å². The van der Waals surface area contributed by atoms with Crippen LogP contribution in [0, 0.1) is 18.3 Å². The Kier molecular flexibility index (Phi) is 4.38. The molecule has 0 aliphatic heterocycles. The number of hydrogen-bond acceptors (Lipinski definition) is 1. The van der Waals surface area contributed by atoms with E-state index >= 15 is 0 Å². The van der Waals surface area contributed by atoms with Gasteiger partial charge in [-0.25, -0.2) is 0 Å². The van der Waals surface area contributed by atoms with Crippen molar-refractivity contribution >= 4 is 0 Å². The molecule has 0 rings (SSSR count). The van der Waals surface area contributed by atoms with E-state index in [4.69, 9.17) is 6.42 Å². The van der Waals surface area contributed by atoms with Crippen molar-refractivity contribution in [2.45, 2.75) is 26.9 Å². The smallest absolute Gasteiger partial charge is 0.0928 e. The lowest BCUT2D eigenvalue weighted by Crippen LogP contribution is -2.11. The first-order chi connectivity index (χ1) is 5.07. The van der Waals surface area contributed by atoms with Gasteiger partial charge >= 0.3 is 0 Å². The maximum absolute atomic E-state index is 9.29. The van der Waals surface area contributed by atoms with Crippen LogP contribution in [0.25, 0.3) is 0 Å². The molecule has 0 aromatic carbocycles. The molecule has 2 atom stereocenters. The van der Waals surface area contributed by atoms with E-state index in [0.717, 1.165) is 5.57 Å². The third kappa shape index (κ3) is 4.44. The Bertz CT molecular complexity index is 210. The van der Waals surface area contributed by atoms with Gasteiger partial charge in [0.1, 0.15) is 0 Å². The highest BCUT2D eigenvalue weighted by atomic mass is 16.3. The summed E-state index contributed by atoms with van der Waals surface area (Å²) in [7, 11) is 0. The van der Waals surface area contributed by atoms with Crippen LogP contribution in [0.2, 0.25) is 0 Å². The molecule has 0 amide bonds. The summed E-state index contributed by atoms with van der Waals surface area (Å²) in [6, 6.07) is 0. The summed E-state index contributed by atoms with van der Waals surface area (Å²) in [6.45, 7) is 5.64. The highest BCUT2D eigenvalue weighted by Gasteiger charge is 2.05. The van der Waals surface area contributed by atoms with Gasteiger partial charge in [0.25, 0.3) is 0 Å². The van der Waals surface area contributed by atoms with Gasteiger partial charge in [-0.15, -0.1) is 18.1 Å². The number of aliphatic hydroxyl groups is 1. The molecule has 0 radical (unpaired) electrons. The van der Waals surface area contributed by atoms with Crippen molar-refractivity contribution < 1.29 is 5.11 Å². The molecular weight excluding hydrogens is 136 g/mol. The van der Waals surface area contributed by atoms with E-state index in [1.807, 2.05) is 13.8 Å². The molecule has 0 bridgehead atoms. The van der Waals surface area contributed by atoms with Crippen LogP contribution in [-0.2, 0) is 0 Å². The van der Waals surface area contributed by atoms with E-state index in [9.17, 15) is 5.11 Å². The number of hydrogen-bond donors (Lipinski definition) is 1. The molecule has 1 nitrogen and oxygen atoms in total. The minimum absolute atomic E-state index is 0.137. The van der Waals surface area contributed by atoms with Crippen molar-refractivity contribution in [2.24, 2.45) is 5.92 Å². The third-order valence-corrected chi connectivity index (χ3v) is 1.32. The van der Waals surface area contributed by atoms with Crippen LogP contribution in [0.5, 0.6) is 0 Å². The quantitative estimate of drug-likeness (QED) is 0.469. The topological polar surface area (TPSA) is 20.2 Å². The number of rotatable bonds is 2. The molecule has 0 aromatic rings. The maximum atomic E-state index is 9.29. The Morgan fingerprint density at radius 2 is 2.09 bits per heavy atom. The van der Waals surface area contributed by atoms with Crippen LogP contribution in [0.1, 0.15) is 20.8 Å². The van der Waals surface area contributed by atoms with Gasteiger partial charge in [-0.1, -0.05) is 0 Å². The summed E-state index contributed by atoms with van der Waals surface area (Å²) in [4.78, 5) is 0. The molecule has 60 valence electrons. The number of aliphatic hydroxyl groups excluding tert-OH is 1. The minimum atomic E-state index is -0.574. The van der Waals surface area contributed by atoms with Crippen molar-refractivity contribution in [1.29, 1.82) is 0 Å². The zero-order valence-corrected chi connectivity index (χ0v) is 7.26. The summed E-state index contributed by atoms with van der Waals surface area (Å²) in [5.41, 5.74) is 3.94. The summed E-state index contributed by atoms with van der Waals surface area (Å²) < 4.78 is 0. The molecule has 0 aromatic heterocycles. The van der Waals surface area contributed by atoms with E-state index in [-0.39, 0.29) is 5.92 Å². The summed E-state index contributed by atoms with van der Waals surface area (Å²) in [5, 5.41) is 9.29. The van der Waals surface area contributed by atoms with Gasteiger partial charge in [-0.2, -0.15) is 0 Å². The fourth-order valence-corrected chi connectivity index (χ4v) is 0.495. The first kappa shape index (κ1) is 10.0. The highest BCUT2D eigenvalue weighted by Crippen LogP contribution is 2.01. The molecule has 1 N–H and O–H groups in total. The zero-order chi connectivity index (χ0) is 8.85. The molecule has 11 heavy (non-hydrogen) atoms. The largest absolute Gasteiger partial charge is 0.387 e. The molecule has 0 aliphatic rings. The predicted molar refractivity (Wildman–Crippen MR) is 46.9 cm³/mol. The van der Waals surface area contributed by atoms with Crippen LogP contribution >= 0.6 is 0 Å². The van der Waals surface area contributed by atoms with Crippen LogP contribution in [0.15, 0.2) is 17.4 Å². The molecule has 0 saturated heterocycles. The lowest BCUT2D eigenvalue weighted by atomic mass is 10.1. The fourth-order valence-electron chi connectivity index (χ4n) is 0.495. The molecular formula is C10H14O. The maximum Gasteiger partial charge on any atom is 0.0928 e. The van der Waals surface area contributed by atoms with Gasteiger partial charge in [0, 0.05) is 5.92 Å². The van der Waals surface area contributed by atoms with Gasteiger partial charge in [-0.3, -0.25) is 0 Å². The number of terminal acetylenes is 1. The van der Waals surface area contributed by atoms with Crippen LogP contribution in [-0.4, -0.2) is 11.2 Å². The van der Waals surface area contributed by atoms with Gasteiger partial charge in [0.05, 0.1) is 6.10 Å². The zero-order valence-electron chi connectivity index (χ0n) is 7.26. The van der Waals surface area contributed by atoms with Gasteiger partial charge < -0.3 is 5.11 Å². The van der Waals surface area contributed by atoms with Gasteiger partial charge in [0.15, 0.2) is 0 Å². The van der Waals surface area contributed by atoms with Crippen molar-refractivity contribution in [3.05, 3.63) is 17.4 Å². The SMILES string of the molecule is C#CC(C)C(O)C=C=C(C)C. The average Bonchev–Trinajstić information content (AvgIpc) is 1.98. The second-order valence-corrected chi connectivity index (χ2v) is 2.76. The third-order valence-electron chi connectivity index (χ3n) is 1.32. The molecule has 1 heteroatoms. The summed E-state index contributed by atoms with van der Waals surface area (Å²) >= 11 is 0. The van der Waals surface area contributed by atoms with E-state index in [1.54, 1.807) is 13.0 Å². The Hall–Kier alpha value is -0.960. The summed E-state index contributed by atoms with van der Waals surface area (Å²) in [5.74, 6) is 2.32. The molecule has 0 fully saturated rings. The van der Waals surface area contributed by atoms with E-state index in [0.29, 0.717) is 0 Å². The Morgan fingerprint density at radius 1 is 1.55 bits per heavy atom. The lowest BCUT2D eigenvalue weighted by Gasteiger charge is -2.05. The van der Waals surface area contributed by atoms with E-state index in [2.05, 4.69) is 11.7 Å². The molecule has 0 spiro atoms. The van der Waals surface area contributed by atoms with Crippen molar-refractivity contribution in [3.63, 3.8) is 0 Å². The molecule has 0 heterocycles. The summed E-state index contributed by atoms with van der Waals surface area (Å²) in [6.07, 6.45) is 6.14. The molecule has 0 aliphatic carbocycles. The second kappa shape index (κ2) is 4.79. The predicted octanol–water partition coefficient (Wildman–Crippen LogP) is 1.74. The monoisotopic (exact) mass is 150 g/mol. The van der Waals surface area contributed by atoms with Crippen molar-refractivity contribution in [2.75, 3.05) is 0 Å². The lowest BCUT2D eigenvalue weighted by molar-refractivity contribution is 0.189. The van der Waals surface area contributed by atoms with Gasteiger partial charge in [0.2, 0.25) is 0 Å². The van der Waals surface area contributed by atoms with Crippen molar-refractivity contribution in [3.8, 4) is 12.3 Å². The molecule has 2 unspecified atom stereocenters. The standard InChI is InChI=1S/C10H14O/c1-5-9(4)10(11)7-6-8(2)3/h1,7,9-11H,2-4H3. The van der Waals surface area contributed by atoms with Gasteiger partial charge in [-0.05, 0) is 32.4 Å². The first-order valence-electron chi connectivity index (χ1n) is 3.62. The van der Waals surface area contributed by atoms with Crippen LogP contribution < -0.4 is 0 Å². The van der Waals surface area contributed by atoms with Crippen LogP contribution in [0.4, 0.5) is 0 Å². The fraction of sp³-hybridized carbons (Fsp3) is 0.500. The second-order valence-electron chi connectivity index (χ2n) is 2.76. The first-order valence-corrected chi connectivity index (χ1v) is 3.62. The molecule has 0 saturated carbocycles. The van der Waals surface area contributed by atoms with Crippen molar-refractivity contribution in [1.82, 2.24) is 0 Å². The highest BCUT2D eigenvalue weighted by molar-refractivity contribution is 5.04.